The Morgan fingerprint density at radius 1 is 1.24 bits per heavy atom. The molecule has 1 aromatic carbocycles. The van der Waals surface area contributed by atoms with Crippen LogP contribution in [0, 0.1) is 0 Å². The number of hydrogen-bond acceptors (Lipinski definition) is 5. The molecule has 1 fully saturated rings. The van der Waals surface area contributed by atoms with Gasteiger partial charge in [0.15, 0.2) is 0 Å². The van der Waals surface area contributed by atoms with Crippen molar-refractivity contribution >= 4 is 0 Å². The van der Waals surface area contributed by atoms with Crippen molar-refractivity contribution in [2.24, 2.45) is 5.73 Å². The molecule has 0 bridgehead atoms. The summed E-state index contributed by atoms with van der Waals surface area (Å²) in [6.07, 6.45) is 0.430. The first-order chi connectivity index (χ1) is 10.1. The van der Waals surface area contributed by atoms with Crippen LogP contribution >= 0.6 is 0 Å². The minimum Gasteiger partial charge on any atom is -0.497 e. The van der Waals surface area contributed by atoms with Gasteiger partial charge in [-0.2, -0.15) is 0 Å². The lowest BCUT2D eigenvalue weighted by Gasteiger charge is -2.40. The van der Waals surface area contributed by atoms with Crippen LogP contribution in [0.2, 0.25) is 0 Å². The van der Waals surface area contributed by atoms with Crippen LogP contribution in [-0.2, 0) is 4.74 Å². The SMILES string of the molecule is COc1ccc(C(CN)N2C[C@@H](C)O[C@@H](C)C2)c(OC)c1. The van der Waals surface area contributed by atoms with E-state index < -0.39 is 0 Å². The van der Waals surface area contributed by atoms with Crippen LogP contribution in [0.4, 0.5) is 0 Å². The minimum absolute atomic E-state index is 0.125. The zero-order chi connectivity index (χ0) is 15.4. The molecule has 0 aliphatic carbocycles. The Morgan fingerprint density at radius 3 is 2.43 bits per heavy atom. The van der Waals surface area contributed by atoms with Crippen molar-refractivity contribution in [3.05, 3.63) is 23.8 Å². The predicted octanol–water partition coefficient (Wildman–Crippen LogP) is 1.81. The quantitative estimate of drug-likeness (QED) is 0.897. The van der Waals surface area contributed by atoms with Gasteiger partial charge in [0.05, 0.1) is 32.5 Å². The Kier molecular flexibility index (Phi) is 5.45. The summed E-state index contributed by atoms with van der Waals surface area (Å²) in [5.74, 6) is 1.60. The lowest BCUT2D eigenvalue weighted by Crippen LogP contribution is -2.48. The van der Waals surface area contributed by atoms with Gasteiger partial charge in [0, 0.05) is 31.3 Å². The number of ether oxygens (including phenoxy) is 3. The molecule has 0 saturated carbocycles. The van der Waals surface area contributed by atoms with Crippen molar-refractivity contribution in [3.63, 3.8) is 0 Å². The fraction of sp³-hybridized carbons (Fsp3) is 0.625. The fourth-order valence-corrected chi connectivity index (χ4v) is 3.04. The van der Waals surface area contributed by atoms with Gasteiger partial charge in [-0.05, 0) is 19.9 Å². The molecular formula is C16H26N2O3. The maximum Gasteiger partial charge on any atom is 0.127 e. The van der Waals surface area contributed by atoms with E-state index in [2.05, 4.69) is 18.7 Å². The van der Waals surface area contributed by atoms with E-state index in [0.717, 1.165) is 30.2 Å². The monoisotopic (exact) mass is 294 g/mol. The molecule has 2 rings (SSSR count). The van der Waals surface area contributed by atoms with E-state index in [1.165, 1.54) is 0 Å². The van der Waals surface area contributed by atoms with E-state index in [0.29, 0.717) is 6.54 Å². The summed E-state index contributed by atoms with van der Waals surface area (Å²) in [6.45, 7) is 6.49. The first-order valence-electron chi connectivity index (χ1n) is 7.40. The zero-order valence-electron chi connectivity index (χ0n) is 13.3. The molecule has 0 amide bonds. The van der Waals surface area contributed by atoms with Gasteiger partial charge in [-0.1, -0.05) is 6.07 Å². The molecule has 1 unspecified atom stereocenters. The topological polar surface area (TPSA) is 57.0 Å². The molecule has 1 aliphatic rings. The van der Waals surface area contributed by atoms with E-state index in [1.54, 1.807) is 14.2 Å². The molecule has 2 N–H and O–H groups in total. The molecule has 1 aromatic rings. The van der Waals surface area contributed by atoms with E-state index in [9.17, 15) is 0 Å². The molecule has 5 nitrogen and oxygen atoms in total. The number of methoxy groups -OCH3 is 2. The second-order valence-electron chi connectivity index (χ2n) is 5.57. The Labute approximate surface area is 127 Å². The van der Waals surface area contributed by atoms with Gasteiger partial charge in [-0.3, -0.25) is 4.90 Å². The first kappa shape index (κ1) is 16.1. The number of benzene rings is 1. The highest BCUT2D eigenvalue weighted by atomic mass is 16.5. The van der Waals surface area contributed by atoms with Crippen LogP contribution < -0.4 is 15.2 Å². The van der Waals surface area contributed by atoms with Crippen LogP contribution in [0.1, 0.15) is 25.5 Å². The van der Waals surface area contributed by atoms with Gasteiger partial charge >= 0.3 is 0 Å². The van der Waals surface area contributed by atoms with Gasteiger partial charge in [-0.15, -0.1) is 0 Å². The van der Waals surface area contributed by atoms with Crippen molar-refractivity contribution in [2.75, 3.05) is 33.9 Å². The predicted molar refractivity (Wildman–Crippen MR) is 82.9 cm³/mol. The molecule has 21 heavy (non-hydrogen) atoms. The molecular weight excluding hydrogens is 268 g/mol. The first-order valence-corrected chi connectivity index (χ1v) is 7.40. The largest absolute Gasteiger partial charge is 0.497 e. The normalized spacial score (nSPS) is 24.6. The van der Waals surface area contributed by atoms with E-state index >= 15 is 0 Å². The fourth-order valence-electron chi connectivity index (χ4n) is 3.04. The highest BCUT2D eigenvalue weighted by molar-refractivity contribution is 5.42. The number of nitrogens with two attached hydrogens (primary N) is 1. The molecule has 1 aliphatic heterocycles. The second kappa shape index (κ2) is 7.11. The third-order valence-corrected chi connectivity index (χ3v) is 3.91. The lowest BCUT2D eigenvalue weighted by molar-refractivity contribution is -0.0801. The van der Waals surface area contributed by atoms with E-state index in [4.69, 9.17) is 19.9 Å². The maximum absolute atomic E-state index is 6.05. The maximum atomic E-state index is 6.05. The number of hydrogen-bond donors (Lipinski definition) is 1. The van der Waals surface area contributed by atoms with Crippen molar-refractivity contribution in [2.45, 2.75) is 32.1 Å². The second-order valence-corrected chi connectivity index (χ2v) is 5.57. The average Bonchev–Trinajstić information content (AvgIpc) is 2.47. The summed E-state index contributed by atoms with van der Waals surface area (Å²) in [7, 11) is 3.33. The van der Waals surface area contributed by atoms with Gasteiger partial charge in [0.1, 0.15) is 11.5 Å². The summed E-state index contributed by atoms with van der Waals surface area (Å²) in [6, 6.07) is 6.03. The minimum atomic E-state index is 0.125. The third kappa shape index (κ3) is 3.67. The number of rotatable bonds is 5. The summed E-state index contributed by atoms with van der Waals surface area (Å²) in [4.78, 5) is 2.38. The number of nitrogens with zero attached hydrogens (tertiary/aromatic N) is 1. The molecule has 1 saturated heterocycles. The van der Waals surface area contributed by atoms with E-state index in [-0.39, 0.29) is 18.2 Å². The molecule has 118 valence electrons. The third-order valence-electron chi connectivity index (χ3n) is 3.91. The Hall–Kier alpha value is -1.30. The Balaban J connectivity index is 2.28. The molecule has 5 heteroatoms. The van der Waals surface area contributed by atoms with Gasteiger partial charge in [0.25, 0.3) is 0 Å². The summed E-state index contributed by atoms with van der Waals surface area (Å²) < 4.78 is 16.6. The standard InChI is InChI=1S/C16H26N2O3/c1-11-9-18(10-12(2)21-11)15(8-17)14-6-5-13(19-3)7-16(14)20-4/h5-7,11-12,15H,8-10,17H2,1-4H3/t11-,12+,15?. The zero-order valence-corrected chi connectivity index (χ0v) is 13.3. The molecule has 3 atom stereocenters. The highest BCUT2D eigenvalue weighted by Gasteiger charge is 2.29. The van der Waals surface area contributed by atoms with Crippen molar-refractivity contribution in [1.82, 2.24) is 4.90 Å². The van der Waals surface area contributed by atoms with Crippen molar-refractivity contribution in [3.8, 4) is 11.5 Å². The highest BCUT2D eigenvalue weighted by Crippen LogP contribution is 2.33. The van der Waals surface area contributed by atoms with Gasteiger partial charge < -0.3 is 19.9 Å². The Morgan fingerprint density at radius 2 is 1.90 bits per heavy atom. The lowest BCUT2D eigenvalue weighted by atomic mass is 10.0. The molecule has 0 radical (unpaired) electrons. The molecule has 0 spiro atoms. The van der Waals surface area contributed by atoms with Crippen molar-refractivity contribution in [1.29, 1.82) is 0 Å². The van der Waals surface area contributed by atoms with Gasteiger partial charge in [-0.25, -0.2) is 0 Å². The number of morpholine rings is 1. The summed E-state index contributed by atoms with van der Waals surface area (Å²) in [5.41, 5.74) is 7.15. The summed E-state index contributed by atoms with van der Waals surface area (Å²) in [5, 5.41) is 0. The van der Waals surface area contributed by atoms with Crippen LogP contribution in [0.25, 0.3) is 0 Å². The molecule has 1 heterocycles. The van der Waals surface area contributed by atoms with Gasteiger partial charge in [0.2, 0.25) is 0 Å². The summed E-state index contributed by atoms with van der Waals surface area (Å²) >= 11 is 0. The Bertz CT molecular complexity index is 457. The van der Waals surface area contributed by atoms with Crippen molar-refractivity contribution < 1.29 is 14.2 Å². The smallest absolute Gasteiger partial charge is 0.127 e. The molecule has 0 aromatic heterocycles. The van der Waals surface area contributed by atoms with Crippen LogP contribution in [0.3, 0.4) is 0 Å². The van der Waals surface area contributed by atoms with Crippen LogP contribution in [0.5, 0.6) is 11.5 Å². The van der Waals surface area contributed by atoms with Crippen LogP contribution in [-0.4, -0.2) is 51.0 Å². The average molecular weight is 294 g/mol. The van der Waals surface area contributed by atoms with E-state index in [1.807, 2.05) is 18.2 Å². The van der Waals surface area contributed by atoms with Crippen LogP contribution in [0.15, 0.2) is 18.2 Å².